The van der Waals surface area contributed by atoms with Crippen molar-refractivity contribution < 1.29 is 10.2 Å². The average Bonchev–Trinajstić information content (AvgIpc) is 4.19. The van der Waals surface area contributed by atoms with Crippen LogP contribution in [0.2, 0.25) is 0 Å². The van der Waals surface area contributed by atoms with Crippen molar-refractivity contribution in [2.45, 2.75) is 113 Å². The van der Waals surface area contributed by atoms with Crippen LogP contribution in [0.5, 0.6) is 0 Å². The number of nitriles is 4. The van der Waals surface area contributed by atoms with Gasteiger partial charge in [-0.15, -0.1) is 22.6 Å². The van der Waals surface area contributed by atoms with Crippen LogP contribution in [0, 0.1) is 52.2 Å². The Morgan fingerprint density at radius 1 is 0.443 bits per heavy atom. The van der Waals surface area contributed by atoms with Gasteiger partial charge in [-0.1, -0.05) is 203 Å². The van der Waals surface area contributed by atoms with Crippen LogP contribution in [0.25, 0.3) is 0 Å². The van der Waals surface area contributed by atoms with Crippen molar-refractivity contribution in [2.75, 3.05) is 27.3 Å². The standard InChI is InChI=1S/C11H13N3.C10H12N4.C10H11N.C9H8BrN.C9H10N2.C9H9N.2CH4O.3CH4.ClH/c1-2-9-4-3-5-10(6-9)7-11-8-12-14-13-11;11-6-9-3-1-2-8(4-9)5-10-7-12-14-13-10;1-2-9-4-3-5-10(8-9)6-7-11;10-7-9-3-1-2-8(6-9)4-5-11;10-5-4-8-2-1-3-9(6-8)7-11;1-8-3-2-4-9(7-8)5-6-10;2*1-2;;;;/h3-6H,2,7-8H2,1H3;1-4H,5-7,11H2;3-5,8H,2,6H2,1H3;1-3,6H,4,7H2;1-3,6H,4,7,11H2;2-4,7H,5H2,1H3;2*2H,1H3;3*1H4;1H. The van der Waals surface area contributed by atoms with Crippen molar-refractivity contribution in [3.63, 3.8) is 0 Å². The van der Waals surface area contributed by atoms with Gasteiger partial charge in [0.15, 0.2) is 0 Å². The highest BCUT2D eigenvalue weighted by atomic mass is 79.9. The van der Waals surface area contributed by atoms with E-state index in [4.69, 9.17) is 42.7 Å². The summed E-state index contributed by atoms with van der Waals surface area (Å²) >= 11 is 3.36. The van der Waals surface area contributed by atoms with Crippen molar-refractivity contribution in [3.8, 4) is 24.3 Å². The molecule has 0 bridgehead atoms. The van der Waals surface area contributed by atoms with E-state index in [2.05, 4.69) is 133 Å². The molecule has 0 radical (unpaired) electrons. The molecule has 6 N–H and O–H groups in total. The van der Waals surface area contributed by atoms with Crippen LogP contribution in [-0.2, 0) is 69.8 Å². The number of aliphatic hydroxyl groups excluding tert-OH is 2. The molecule has 2 heterocycles. The molecule has 0 saturated heterocycles. The topological polar surface area (TPSA) is 262 Å². The summed E-state index contributed by atoms with van der Waals surface area (Å²) in [5.74, 6) is 0. The fourth-order valence-electron chi connectivity index (χ4n) is 6.80. The van der Waals surface area contributed by atoms with E-state index in [9.17, 15) is 0 Å². The maximum absolute atomic E-state index is 8.43. The molecule has 14 nitrogen and oxygen atoms in total. The third-order valence-corrected chi connectivity index (χ3v) is 11.1. The van der Waals surface area contributed by atoms with Gasteiger partial charge in [-0.3, -0.25) is 0 Å². The van der Waals surface area contributed by atoms with Crippen molar-refractivity contribution in [3.05, 3.63) is 212 Å². The predicted octanol–water partition coefficient (Wildman–Crippen LogP) is 13.9. The highest BCUT2D eigenvalue weighted by Crippen LogP contribution is 2.12. The molecule has 6 aromatic rings. The van der Waals surface area contributed by atoms with E-state index in [1.165, 1.54) is 33.4 Å². The molecule has 6 aromatic carbocycles. The minimum atomic E-state index is 0. The zero-order chi connectivity index (χ0) is 55.3. The van der Waals surface area contributed by atoms with E-state index >= 15 is 0 Å². The second-order valence-corrected chi connectivity index (χ2v) is 16.7. The molecule has 422 valence electrons. The fraction of sp³-hybridized carbons (Fsp3) is 0.333. The second kappa shape index (κ2) is 51.2. The number of halogens is 2. The Labute approximate surface area is 487 Å². The Morgan fingerprint density at radius 2 is 0.722 bits per heavy atom. The lowest BCUT2D eigenvalue weighted by atomic mass is 10.0. The average molecular weight is 1160 g/mol. The zero-order valence-electron chi connectivity index (χ0n) is 44.4. The van der Waals surface area contributed by atoms with Crippen LogP contribution in [0.4, 0.5) is 0 Å². The van der Waals surface area contributed by atoms with Gasteiger partial charge < -0.3 is 21.7 Å². The van der Waals surface area contributed by atoms with Gasteiger partial charge in [0.2, 0.25) is 0 Å². The van der Waals surface area contributed by atoms with E-state index in [1.54, 1.807) is 0 Å². The quantitative estimate of drug-likeness (QED) is 0.0806. The molecule has 0 aliphatic carbocycles. The van der Waals surface area contributed by atoms with Crippen LogP contribution in [0.15, 0.2) is 176 Å². The molecule has 0 spiro atoms. The Balaban J connectivity index is -0.000000419. The molecule has 8 rings (SSSR count). The molecular weight excluding hydrogens is 1070 g/mol. The number of benzene rings is 6. The first kappa shape index (κ1) is 77.9. The van der Waals surface area contributed by atoms with Crippen LogP contribution in [0.3, 0.4) is 0 Å². The fourth-order valence-corrected chi connectivity index (χ4v) is 7.14. The van der Waals surface area contributed by atoms with E-state index in [0.717, 1.165) is 90.0 Å². The summed E-state index contributed by atoms with van der Waals surface area (Å²) in [4.78, 5) is 0. The van der Waals surface area contributed by atoms with Crippen LogP contribution in [-0.4, -0.2) is 48.9 Å². The SMILES string of the molecule is C.C.C.CCc1cccc(CC#N)c1.CCc1cccc(CC2=NN=NC2)c1.CO.CO.Cc1cccc(CC#N)c1.Cl.N#CCc1cccc(CBr)c1.N#CCc1cccc(CN)c1.NCc1cccc(CC2=NN=NC2)c1. The first-order valence-electron chi connectivity index (χ1n) is 24.3. The number of alkyl halides is 1. The third kappa shape index (κ3) is 35.5. The van der Waals surface area contributed by atoms with Gasteiger partial charge in [0, 0.05) is 45.5 Å². The number of rotatable bonds is 13. The lowest BCUT2D eigenvalue weighted by Gasteiger charge is -2.02. The number of aliphatic hydroxyl groups is 2. The van der Waals surface area contributed by atoms with Crippen LogP contribution >= 0.6 is 28.3 Å². The summed E-state index contributed by atoms with van der Waals surface area (Å²) in [6.07, 6.45) is 5.82. The van der Waals surface area contributed by atoms with Crippen molar-refractivity contribution in [1.82, 2.24) is 0 Å². The van der Waals surface area contributed by atoms with Gasteiger partial charge in [-0.2, -0.15) is 31.3 Å². The molecule has 0 atom stereocenters. The molecule has 0 saturated carbocycles. The second-order valence-electron chi connectivity index (χ2n) is 16.1. The lowest BCUT2D eigenvalue weighted by molar-refractivity contribution is 0.399. The van der Waals surface area contributed by atoms with Gasteiger partial charge in [-0.25, -0.2) is 0 Å². The third-order valence-electron chi connectivity index (χ3n) is 10.4. The molecule has 2 aliphatic rings. The van der Waals surface area contributed by atoms with Crippen molar-refractivity contribution >= 4 is 39.8 Å². The van der Waals surface area contributed by atoms with Gasteiger partial charge >= 0.3 is 0 Å². The number of nitrogens with zero attached hydrogens (tertiary/aromatic N) is 10. The predicted molar refractivity (Wildman–Crippen MR) is 333 cm³/mol. The first-order valence-corrected chi connectivity index (χ1v) is 25.4. The van der Waals surface area contributed by atoms with Crippen LogP contribution < -0.4 is 11.5 Å². The lowest BCUT2D eigenvalue weighted by Crippen LogP contribution is -2.05. The molecule has 16 heteroatoms. The molecule has 2 aliphatic heterocycles. The highest BCUT2D eigenvalue weighted by molar-refractivity contribution is 9.08. The molecular formula is C63H84BrClN12O2. The summed E-state index contributed by atoms with van der Waals surface area (Å²) < 4.78 is 0. The number of nitrogens with two attached hydrogens (primary N) is 2. The van der Waals surface area contributed by atoms with Gasteiger partial charge in [0.05, 0.1) is 61.4 Å². The maximum atomic E-state index is 8.43. The normalized spacial score (nSPS) is 10.2. The highest BCUT2D eigenvalue weighted by Gasteiger charge is 2.07. The smallest absolute Gasteiger partial charge is 0.103 e. The Kier molecular flexibility index (Phi) is 50.5. The minimum Gasteiger partial charge on any atom is -0.400 e. The number of hydrogen-bond acceptors (Lipinski definition) is 14. The molecule has 0 amide bonds. The number of hydrogen-bond donors (Lipinski definition) is 4. The molecule has 0 unspecified atom stereocenters. The Bertz CT molecular complexity index is 2640. The van der Waals surface area contributed by atoms with Gasteiger partial charge in [-0.05, 0) is 91.4 Å². The van der Waals surface area contributed by atoms with Crippen molar-refractivity contribution in [1.29, 1.82) is 21.0 Å². The molecule has 79 heavy (non-hydrogen) atoms. The van der Waals surface area contributed by atoms with Gasteiger partial charge in [0.25, 0.3) is 0 Å². The Morgan fingerprint density at radius 3 is 1.04 bits per heavy atom. The van der Waals surface area contributed by atoms with Gasteiger partial charge in [0.1, 0.15) is 13.1 Å². The van der Waals surface area contributed by atoms with E-state index in [-0.39, 0.29) is 34.7 Å². The summed E-state index contributed by atoms with van der Waals surface area (Å²) in [5, 5.41) is 71.2. The van der Waals surface area contributed by atoms with Crippen LogP contribution in [0.1, 0.15) is 103 Å². The first-order chi connectivity index (χ1) is 36.7. The molecule has 0 fully saturated rings. The monoisotopic (exact) mass is 1150 g/mol. The summed E-state index contributed by atoms with van der Waals surface area (Å²) in [6, 6.07) is 57.2. The zero-order valence-corrected chi connectivity index (χ0v) is 46.8. The minimum absolute atomic E-state index is 0. The van der Waals surface area contributed by atoms with E-state index < -0.39 is 0 Å². The summed E-state index contributed by atoms with van der Waals surface area (Å²) in [7, 11) is 2.00. The van der Waals surface area contributed by atoms with Crippen molar-refractivity contribution in [2.24, 2.45) is 42.3 Å². The van der Waals surface area contributed by atoms with E-state index in [0.29, 0.717) is 51.9 Å². The summed E-state index contributed by atoms with van der Waals surface area (Å²) in [5.41, 5.74) is 27.3. The largest absolute Gasteiger partial charge is 0.400 e. The number of aryl methyl sites for hydroxylation is 3. The Hall–Kier alpha value is -7.57. The maximum Gasteiger partial charge on any atom is 0.103 e. The summed E-state index contributed by atoms with van der Waals surface area (Å²) in [6.45, 7) is 8.72. The van der Waals surface area contributed by atoms with E-state index in [1.807, 2.05) is 104 Å². The molecule has 0 aromatic heterocycles.